The number of carboxylic acids is 2. The second kappa shape index (κ2) is 6.13. The summed E-state index contributed by atoms with van der Waals surface area (Å²) in [5, 5.41) is 36.6. The Kier molecular flexibility index (Phi) is 4.41. The maximum absolute atomic E-state index is 11.5. The number of carbonyl (C=O) groups is 2. The molecule has 1 aliphatic rings. The number of nitrogens with zero attached hydrogens (tertiary/aromatic N) is 3. The molecular formula is C13H10ClN3O6. The molecule has 0 spiro atoms. The lowest BCUT2D eigenvalue weighted by Crippen LogP contribution is -2.38. The third-order valence-corrected chi connectivity index (χ3v) is 3.72. The number of benzene rings is 1. The van der Waals surface area contributed by atoms with E-state index in [1.165, 1.54) is 19.1 Å². The minimum absolute atomic E-state index is 0.102. The van der Waals surface area contributed by atoms with Gasteiger partial charge in [-0.05, 0) is 18.6 Å². The zero-order valence-electron chi connectivity index (χ0n) is 11.6. The van der Waals surface area contributed by atoms with Crippen molar-refractivity contribution in [3.05, 3.63) is 38.9 Å². The Hall–Kier alpha value is -2.81. The SMILES string of the molecule is CC1=NN=C(C(=O)O)C(c2ccc(Cl)c([N+](=O)[O-])c2)C1C(=O)O. The van der Waals surface area contributed by atoms with Gasteiger partial charge in [0.25, 0.3) is 5.69 Å². The van der Waals surface area contributed by atoms with Gasteiger partial charge in [0.1, 0.15) is 10.9 Å². The van der Waals surface area contributed by atoms with Gasteiger partial charge in [0.05, 0.1) is 16.6 Å². The molecule has 2 unspecified atom stereocenters. The fourth-order valence-corrected chi connectivity index (χ4v) is 2.55. The monoisotopic (exact) mass is 339 g/mol. The molecule has 10 heteroatoms. The molecule has 0 radical (unpaired) electrons. The van der Waals surface area contributed by atoms with Gasteiger partial charge in [-0.1, -0.05) is 17.7 Å². The summed E-state index contributed by atoms with van der Waals surface area (Å²) >= 11 is 5.73. The minimum Gasteiger partial charge on any atom is -0.481 e. The zero-order valence-corrected chi connectivity index (χ0v) is 12.4. The van der Waals surface area contributed by atoms with E-state index in [1.807, 2.05) is 0 Å². The average Bonchev–Trinajstić information content (AvgIpc) is 2.46. The van der Waals surface area contributed by atoms with Gasteiger partial charge in [0.2, 0.25) is 0 Å². The number of aliphatic carboxylic acids is 2. The molecule has 2 atom stereocenters. The molecule has 0 amide bonds. The van der Waals surface area contributed by atoms with E-state index < -0.39 is 40.1 Å². The number of rotatable bonds is 4. The minimum atomic E-state index is -1.45. The fourth-order valence-electron chi connectivity index (χ4n) is 2.37. The van der Waals surface area contributed by atoms with Gasteiger partial charge in [-0.3, -0.25) is 14.9 Å². The summed E-state index contributed by atoms with van der Waals surface area (Å²) in [6, 6.07) is 3.61. The lowest BCUT2D eigenvalue weighted by molar-refractivity contribution is -0.384. The number of nitro groups is 1. The van der Waals surface area contributed by atoms with Crippen LogP contribution in [0.1, 0.15) is 18.4 Å². The Bertz CT molecular complexity index is 773. The normalized spacial score (nSPS) is 20.4. The molecule has 1 aromatic carbocycles. The molecule has 120 valence electrons. The quantitative estimate of drug-likeness (QED) is 0.634. The smallest absolute Gasteiger partial charge is 0.352 e. The topological polar surface area (TPSA) is 142 Å². The Morgan fingerprint density at radius 2 is 1.96 bits per heavy atom. The fraction of sp³-hybridized carbons (Fsp3) is 0.231. The van der Waals surface area contributed by atoms with Crippen molar-refractivity contribution in [2.45, 2.75) is 12.8 Å². The first kappa shape index (κ1) is 16.6. The summed E-state index contributed by atoms with van der Waals surface area (Å²) in [5.74, 6) is -5.25. The molecule has 0 bridgehead atoms. The summed E-state index contributed by atoms with van der Waals surface area (Å²) in [5.41, 5.74) is -0.730. The van der Waals surface area contributed by atoms with Crippen LogP contribution in [-0.4, -0.2) is 38.5 Å². The summed E-state index contributed by atoms with van der Waals surface area (Å²) in [6.45, 7) is 1.40. The first-order valence-corrected chi connectivity index (χ1v) is 6.63. The maximum Gasteiger partial charge on any atom is 0.352 e. The summed E-state index contributed by atoms with van der Waals surface area (Å²) < 4.78 is 0. The molecule has 0 aliphatic carbocycles. The largest absolute Gasteiger partial charge is 0.481 e. The summed E-state index contributed by atoms with van der Waals surface area (Å²) in [6.07, 6.45) is 0. The van der Waals surface area contributed by atoms with Gasteiger partial charge in [0.15, 0.2) is 5.71 Å². The van der Waals surface area contributed by atoms with Crippen molar-refractivity contribution >= 4 is 40.7 Å². The molecule has 23 heavy (non-hydrogen) atoms. The van der Waals surface area contributed by atoms with Crippen molar-refractivity contribution < 1.29 is 24.7 Å². The predicted octanol–water partition coefficient (Wildman–Crippen LogP) is 1.95. The highest BCUT2D eigenvalue weighted by molar-refractivity contribution is 6.39. The first-order chi connectivity index (χ1) is 10.7. The Morgan fingerprint density at radius 1 is 1.30 bits per heavy atom. The zero-order chi connectivity index (χ0) is 17.3. The molecule has 1 aliphatic heterocycles. The van der Waals surface area contributed by atoms with Gasteiger partial charge in [-0.15, -0.1) is 5.10 Å². The second-order valence-electron chi connectivity index (χ2n) is 4.79. The first-order valence-electron chi connectivity index (χ1n) is 6.26. The highest BCUT2D eigenvalue weighted by atomic mass is 35.5. The van der Waals surface area contributed by atoms with Crippen molar-refractivity contribution in [3.63, 3.8) is 0 Å². The number of halogens is 1. The standard InChI is InChI=1S/C13H10ClN3O6/c1-5-9(12(18)19)10(11(13(20)21)16-15-5)6-2-3-7(14)8(4-6)17(22)23/h2-4,9-10H,1H3,(H,18,19)(H,20,21). The summed E-state index contributed by atoms with van der Waals surface area (Å²) in [7, 11) is 0. The van der Waals surface area contributed by atoms with Crippen LogP contribution in [0.15, 0.2) is 28.4 Å². The van der Waals surface area contributed by atoms with Crippen LogP contribution in [0.4, 0.5) is 5.69 Å². The molecule has 0 saturated carbocycles. The van der Waals surface area contributed by atoms with Crippen LogP contribution in [0.3, 0.4) is 0 Å². The highest BCUT2D eigenvalue weighted by Crippen LogP contribution is 2.35. The third kappa shape index (κ3) is 3.04. The van der Waals surface area contributed by atoms with E-state index in [0.29, 0.717) is 0 Å². The van der Waals surface area contributed by atoms with Crippen LogP contribution >= 0.6 is 11.6 Å². The molecule has 0 fully saturated rings. The van der Waals surface area contributed by atoms with Gasteiger partial charge >= 0.3 is 11.9 Å². The van der Waals surface area contributed by atoms with E-state index in [1.54, 1.807) is 0 Å². The van der Waals surface area contributed by atoms with E-state index in [4.69, 9.17) is 11.6 Å². The molecule has 1 heterocycles. The van der Waals surface area contributed by atoms with E-state index >= 15 is 0 Å². The second-order valence-corrected chi connectivity index (χ2v) is 5.20. The van der Waals surface area contributed by atoms with Crippen molar-refractivity contribution in [1.29, 1.82) is 0 Å². The van der Waals surface area contributed by atoms with Gasteiger partial charge < -0.3 is 10.2 Å². The van der Waals surface area contributed by atoms with Crippen LogP contribution < -0.4 is 0 Å². The Morgan fingerprint density at radius 3 is 2.48 bits per heavy atom. The number of hydrogen-bond donors (Lipinski definition) is 2. The number of carboxylic acid groups (broad SMARTS) is 2. The maximum atomic E-state index is 11.5. The number of hydrogen-bond acceptors (Lipinski definition) is 6. The molecule has 0 aromatic heterocycles. The predicted molar refractivity (Wildman–Crippen MR) is 80.2 cm³/mol. The third-order valence-electron chi connectivity index (χ3n) is 3.40. The van der Waals surface area contributed by atoms with Crippen LogP contribution in [0.5, 0.6) is 0 Å². The van der Waals surface area contributed by atoms with Crippen molar-refractivity contribution in [3.8, 4) is 0 Å². The van der Waals surface area contributed by atoms with Gasteiger partial charge in [-0.2, -0.15) is 5.10 Å². The molecule has 2 N–H and O–H groups in total. The highest BCUT2D eigenvalue weighted by Gasteiger charge is 2.41. The summed E-state index contributed by atoms with van der Waals surface area (Å²) in [4.78, 5) is 33.1. The van der Waals surface area contributed by atoms with Gasteiger partial charge in [-0.25, -0.2) is 4.79 Å². The molecule has 2 rings (SSSR count). The van der Waals surface area contributed by atoms with Crippen LogP contribution in [0, 0.1) is 16.0 Å². The lowest BCUT2D eigenvalue weighted by Gasteiger charge is -2.26. The van der Waals surface area contributed by atoms with Gasteiger partial charge in [0, 0.05) is 6.07 Å². The molecule has 0 saturated heterocycles. The van der Waals surface area contributed by atoms with Crippen LogP contribution in [-0.2, 0) is 9.59 Å². The number of nitro benzene ring substituents is 1. The van der Waals surface area contributed by atoms with E-state index in [9.17, 15) is 29.9 Å². The Balaban J connectivity index is 2.65. The molecular weight excluding hydrogens is 330 g/mol. The van der Waals surface area contributed by atoms with Crippen LogP contribution in [0.2, 0.25) is 5.02 Å². The van der Waals surface area contributed by atoms with Crippen LogP contribution in [0.25, 0.3) is 0 Å². The lowest BCUT2D eigenvalue weighted by atomic mass is 9.79. The van der Waals surface area contributed by atoms with E-state index in [2.05, 4.69) is 10.2 Å². The average molecular weight is 340 g/mol. The van der Waals surface area contributed by atoms with E-state index in [0.717, 1.165) is 6.07 Å². The van der Waals surface area contributed by atoms with Crippen molar-refractivity contribution in [2.24, 2.45) is 16.1 Å². The van der Waals surface area contributed by atoms with Crippen molar-refractivity contribution in [1.82, 2.24) is 0 Å². The van der Waals surface area contributed by atoms with Crippen molar-refractivity contribution in [2.75, 3.05) is 0 Å². The molecule has 1 aromatic rings. The Labute approximate surface area is 134 Å². The molecule has 9 nitrogen and oxygen atoms in total. The van der Waals surface area contributed by atoms with E-state index in [-0.39, 0.29) is 16.3 Å².